The monoisotopic (exact) mass is 689 g/mol. The fourth-order valence-corrected chi connectivity index (χ4v) is 4.88. The average Bonchev–Trinajstić information content (AvgIpc) is 3.32. The Kier molecular flexibility index (Phi) is 10.9. The Morgan fingerprint density at radius 2 is 1.57 bits per heavy atom. The number of halogens is 7. The van der Waals surface area contributed by atoms with Crippen molar-refractivity contribution in [2.75, 3.05) is 34.4 Å². The molecule has 0 unspecified atom stereocenters. The van der Waals surface area contributed by atoms with Crippen LogP contribution in [0.25, 0.3) is 0 Å². The minimum atomic E-state index is -4.83. The number of hydrogen-bond acceptors (Lipinski definition) is 6. The molecule has 0 radical (unpaired) electrons. The van der Waals surface area contributed by atoms with Gasteiger partial charge in [-0.05, 0) is 66.6 Å². The number of aliphatic imine (C=N–C) groups is 1. The first-order chi connectivity index (χ1) is 21.6. The van der Waals surface area contributed by atoms with Gasteiger partial charge < -0.3 is 25.4 Å². The summed E-state index contributed by atoms with van der Waals surface area (Å²) in [4.78, 5) is 42.2. The fourth-order valence-electron chi connectivity index (χ4n) is 3.86. The van der Waals surface area contributed by atoms with Crippen LogP contribution in [-0.2, 0) is 11.2 Å². The molecule has 1 saturated heterocycles. The highest BCUT2D eigenvalue weighted by Crippen LogP contribution is 2.37. The molecule has 4 rings (SSSR count). The molecule has 3 N–H and O–H groups in total. The van der Waals surface area contributed by atoms with Gasteiger partial charge in [0.15, 0.2) is 11.8 Å². The minimum absolute atomic E-state index is 0.0686. The zero-order chi connectivity index (χ0) is 33.5. The molecule has 0 saturated carbocycles. The minimum Gasteiger partial charge on any atom is -0.482 e. The molecule has 0 aliphatic carbocycles. The zero-order valence-corrected chi connectivity index (χ0v) is 24.7. The number of carbonyl (C=O) groups is 3. The first kappa shape index (κ1) is 34.2. The lowest BCUT2D eigenvalue weighted by Gasteiger charge is -2.20. The van der Waals surface area contributed by atoms with Crippen molar-refractivity contribution in [1.29, 1.82) is 0 Å². The largest absolute Gasteiger partial charge is 0.573 e. The topological polar surface area (TPSA) is 121 Å². The number of benzene rings is 3. The van der Waals surface area contributed by atoms with Crippen molar-refractivity contribution in [3.63, 3.8) is 0 Å². The van der Waals surface area contributed by atoms with E-state index >= 15 is 0 Å². The van der Waals surface area contributed by atoms with Crippen LogP contribution in [-0.4, -0.2) is 54.6 Å². The molecule has 1 aliphatic rings. The number of amidine groups is 1. The van der Waals surface area contributed by atoms with Gasteiger partial charge >= 0.3 is 24.6 Å². The van der Waals surface area contributed by atoms with Crippen LogP contribution in [0, 0.1) is 0 Å². The summed E-state index contributed by atoms with van der Waals surface area (Å²) < 4.78 is 83.6. The number of carbonyl (C=O) groups excluding carboxylic acids is 3. The summed E-state index contributed by atoms with van der Waals surface area (Å²) in [5.41, 5.74) is 1.33. The number of thioether (sulfide) groups is 1. The third kappa shape index (κ3) is 10.5. The maximum absolute atomic E-state index is 12.7. The second kappa shape index (κ2) is 14.6. The van der Waals surface area contributed by atoms with Crippen molar-refractivity contribution in [1.82, 2.24) is 5.32 Å². The highest BCUT2D eigenvalue weighted by Gasteiger charge is 2.34. The molecule has 3 aromatic carbocycles. The SMILES string of the molecule is O=C(N=C1SCC(=O)N1c1cc(Cl)ccc1OCC(F)(F)F)NCCc1ccc(NC(=O)Nc2ccc(OC(F)(F)F)cc2)cc1. The molecule has 18 heteroatoms. The van der Waals surface area contributed by atoms with Gasteiger partial charge in [-0.3, -0.25) is 9.69 Å². The van der Waals surface area contributed by atoms with E-state index in [9.17, 15) is 40.7 Å². The van der Waals surface area contributed by atoms with E-state index in [-0.39, 0.29) is 39.6 Å². The predicted octanol–water partition coefficient (Wildman–Crippen LogP) is 7.21. The molecular weight excluding hydrogens is 668 g/mol. The zero-order valence-electron chi connectivity index (χ0n) is 23.2. The second-order valence-electron chi connectivity index (χ2n) is 9.26. The lowest BCUT2D eigenvalue weighted by molar-refractivity contribution is -0.274. The van der Waals surface area contributed by atoms with Gasteiger partial charge in [0.25, 0.3) is 0 Å². The summed E-state index contributed by atoms with van der Waals surface area (Å²) in [5.74, 6) is -1.35. The number of nitrogens with zero attached hydrogens (tertiary/aromatic N) is 2. The number of rotatable bonds is 9. The van der Waals surface area contributed by atoms with E-state index in [0.717, 1.165) is 34.4 Å². The van der Waals surface area contributed by atoms with Crippen LogP contribution in [0.15, 0.2) is 71.7 Å². The molecule has 5 amide bonds. The molecule has 0 aromatic heterocycles. The molecule has 46 heavy (non-hydrogen) atoms. The van der Waals surface area contributed by atoms with Crippen LogP contribution in [0.3, 0.4) is 0 Å². The Morgan fingerprint density at radius 3 is 2.17 bits per heavy atom. The maximum atomic E-state index is 12.7. The van der Waals surface area contributed by atoms with E-state index in [1.165, 1.54) is 30.3 Å². The number of nitrogens with one attached hydrogen (secondary N) is 3. The van der Waals surface area contributed by atoms with Crippen LogP contribution in [0.1, 0.15) is 5.56 Å². The molecule has 0 bridgehead atoms. The summed E-state index contributed by atoms with van der Waals surface area (Å²) in [5, 5.41) is 7.67. The summed E-state index contributed by atoms with van der Waals surface area (Å²) in [6.07, 6.45) is -9.10. The van der Waals surface area contributed by atoms with E-state index in [2.05, 4.69) is 25.7 Å². The number of amides is 5. The molecule has 1 heterocycles. The number of anilines is 3. The van der Waals surface area contributed by atoms with Gasteiger partial charge in [-0.25, -0.2) is 9.59 Å². The molecule has 1 fully saturated rings. The Morgan fingerprint density at radius 1 is 0.935 bits per heavy atom. The van der Waals surface area contributed by atoms with Crippen LogP contribution in [0.4, 0.5) is 53.0 Å². The van der Waals surface area contributed by atoms with Crippen LogP contribution < -0.4 is 30.3 Å². The van der Waals surface area contributed by atoms with Gasteiger partial charge in [-0.2, -0.15) is 18.2 Å². The first-order valence-corrected chi connectivity index (χ1v) is 14.4. The third-order valence-electron chi connectivity index (χ3n) is 5.76. The van der Waals surface area contributed by atoms with Gasteiger partial charge in [-0.1, -0.05) is 35.5 Å². The van der Waals surface area contributed by atoms with Crippen molar-refractivity contribution in [2.45, 2.75) is 19.0 Å². The van der Waals surface area contributed by atoms with E-state index in [1.807, 2.05) is 0 Å². The standard InChI is InChI=1S/C28H22ClF6N5O5S/c29-17-3-10-22(44-15-27(30,31)32)21(13-17)40-23(41)14-46-26(40)39-24(42)36-12-11-16-1-4-18(5-2-16)37-25(43)38-19-6-8-20(9-7-19)45-28(33,34)35/h1-10,13H,11-12,14-15H2,(H,36,42)(H2,37,38,43). The molecule has 244 valence electrons. The van der Waals surface area contributed by atoms with Crippen molar-refractivity contribution in [3.05, 3.63) is 77.3 Å². The number of alkyl halides is 6. The van der Waals surface area contributed by atoms with E-state index < -0.39 is 42.9 Å². The Balaban J connectivity index is 1.28. The molecule has 0 atom stereocenters. The average molecular weight is 690 g/mol. The highest BCUT2D eigenvalue weighted by atomic mass is 35.5. The number of urea groups is 2. The van der Waals surface area contributed by atoms with Gasteiger partial charge in [0, 0.05) is 22.9 Å². The predicted molar refractivity (Wildman–Crippen MR) is 160 cm³/mol. The van der Waals surface area contributed by atoms with Crippen molar-refractivity contribution < 1.29 is 50.2 Å². The highest BCUT2D eigenvalue weighted by molar-refractivity contribution is 8.15. The normalized spacial score (nSPS) is 14.3. The Bertz CT molecular complexity index is 1600. The van der Waals surface area contributed by atoms with E-state index in [0.29, 0.717) is 12.1 Å². The van der Waals surface area contributed by atoms with Gasteiger partial charge in [-0.15, -0.1) is 13.2 Å². The molecule has 10 nitrogen and oxygen atoms in total. The Labute approximate surface area is 266 Å². The lowest BCUT2D eigenvalue weighted by Crippen LogP contribution is -2.32. The Hall–Kier alpha value is -4.64. The lowest BCUT2D eigenvalue weighted by atomic mass is 10.1. The summed E-state index contributed by atoms with van der Waals surface area (Å²) in [6, 6.07) is 13.4. The molecule has 1 aliphatic heterocycles. The first-order valence-electron chi connectivity index (χ1n) is 13.0. The fraction of sp³-hybridized carbons (Fsp3) is 0.214. The van der Waals surface area contributed by atoms with Crippen LogP contribution in [0.2, 0.25) is 5.02 Å². The van der Waals surface area contributed by atoms with Crippen LogP contribution >= 0.6 is 23.4 Å². The van der Waals surface area contributed by atoms with E-state index in [4.69, 9.17) is 16.3 Å². The summed E-state index contributed by atoms with van der Waals surface area (Å²) in [7, 11) is 0. The maximum Gasteiger partial charge on any atom is 0.573 e. The van der Waals surface area contributed by atoms with Crippen molar-refractivity contribution in [2.24, 2.45) is 4.99 Å². The summed E-state index contributed by atoms with van der Waals surface area (Å²) in [6.45, 7) is -1.47. The number of ether oxygens (including phenoxy) is 2. The smallest absolute Gasteiger partial charge is 0.482 e. The van der Waals surface area contributed by atoms with Gasteiger partial charge in [0.2, 0.25) is 5.91 Å². The van der Waals surface area contributed by atoms with Crippen LogP contribution in [0.5, 0.6) is 11.5 Å². The number of hydrogen-bond donors (Lipinski definition) is 3. The van der Waals surface area contributed by atoms with E-state index in [1.54, 1.807) is 24.3 Å². The van der Waals surface area contributed by atoms with Gasteiger partial charge in [0.1, 0.15) is 11.5 Å². The third-order valence-corrected chi connectivity index (χ3v) is 6.92. The molecule has 0 spiro atoms. The molecular formula is C28H22ClF6N5O5S. The van der Waals surface area contributed by atoms with Crippen molar-refractivity contribution >= 4 is 63.6 Å². The summed E-state index contributed by atoms with van der Waals surface area (Å²) >= 11 is 6.92. The van der Waals surface area contributed by atoms with Crippen molar-refractivity contribution in [3.8, 4) is 11.5 Å². The molecule has 3 aromatic rings. The quantitative estimate of drug-likeness (QED) is 0.204. The van der Waals surface area contributed by atoms with Gasteiger partial charge in [0.05, 0.1) is 11.4 Å². The second-order valence-corrected chi connectivity index (χ2v) is 10.6.